The maximum Gasteiger partial charge on any atom is 0.238 e. The second kappa shape index (κ2) is 8.40. The minimum atomic E-state index is -0.333. The van der Waals surface area contributed by atoms with Crippen LogP contribution >= 0.6 is 11.8 Å². The lowest BCUT2D eigenvalue weighted by atomic mass is 10.1. The fourth-order valence-electron chi connectivity index (χ4n) is 3.09. The molecule has 142 valence electrons. The number of nitrogens with one attached hydrogen (secondary N) is 1. The average molecular weight is 391 g/mol. The first kappa shape index (κ1) is 18.4. The highest BCUT2D eigenvalue weighted by atomic mass is 32.2. The third-order valence-corrected chi connectivity index (χ3v) is 5.86. The Bertz CT molecular complexity index is 947. The van der Waals surface area contributed by atoms with E-state index >= 15 is 0 Å². The quantitative estimate of drug-likeness (QED) is 0.592. The van der Waals surface area contributed by atoms with E-state index in [1.54, 1.807) is 11.8 Å². The van der Waals surface area contributed by atoms with Crippen LogP contribution < -0.4 is 14.8 Å². The summed E-state index contributed by atoms with van der Waals surface area (Å²) in [6, 6.07) is 25.5. The van der Waals surface area contributed by atoms with Gasteiger partial charge in [-0.25, -0.2) is 0 Å². The van der Waals surface area contributed by atoms with E-state index in [2.05, 4.69) is 5.32 Å². The lowest BCUT2D eigenvalue weighted by Crippen LogP contribution is -2.30. The fraction of sp³-hybridized carbons (Fsp3) is 0.174. The minimum absolute atomic E-state index is 0.0229. The summed E-state index contributed by atoms with van der Waals surface area (Å²) in [5.41, 5.74) is 1.96. The predicted molar refractivity (Wildman–Crippen MR) is 111 cm³/mol. The molecule has 5 heteroatoms. The first-order chi connectivity index (χ1) is 13.7. The van der Waals surface area contributed by atoms with Crippen LogP contribution in [0.3, 0.4) is 0 Å². The number of rotatable bonds is 6. The van der Waals surface area contributed by atoms with Crippen molar-refractivity contribution >= 4 is 17.7 Å². The summed E-state index contributed by atoms with van der Waals surface area (Å²) in [5.74, 6) is 1.44. The lowest BCUT2D eigenvalue weighted by molar-refractivity contribution is -0.121. The van der Waals surface area contributed by atoms with E-state index in [1.165, 1.54) is 0 Å². The Kier molecular flexibility index (Phi) is 5.53. The Hall–Kier alpha value is -2.92. The third kappa shape index (κ3) is 4.15. The van der Waals surface area contributed by atoms with Gasteiger partial charge in [0.25, 0.3) is 0 Å². The Labute approximate surface area is 168 Å². The van der Waals surface area contributed by atoms with Crippen molar-refractivity contribution in [2.45, 2.75) is 23.1 Å². The van der Waals surface area contributed by atoms with Crippen LogP contribution in [0.1, 0.15) is 29.3 Å². The molecule has 0 aliphatic carbocycles. The van der Waals surface area contributed by atoms with Gasteiger partial charge in [-0.3, -0.25) is 4.79 Å². The van der Waals surface area contributed by atoms with Crippen molar-refractivity contribution in [3.8, 4) is 11.5 Å². The number of amides is 1. The van der Waals surface area contributed by atoms with Gasteiger partial charge in [0.05, 0.1) is 6.04 Å². The van der Waals surface area contributed by atoms with Crippen LogP contribution in [-0.2, 0) is 4.79 Å². The summed E-state index contributed by atoms with van der Waals surface area (Å²) < 4.78 is 10.8. The zero-order valence-electron chi connectivity index (χ0n) is 15.5. The first-order valence-corrected chi connectivity index (χ1v) is 10.1. The molecule has 4 rings (SSSR count). The van der Waals surface area contributed by atoms with Gasteiger partial charge in [-0.15, -0.1) is 11.8 Å². The smallest absolute Gasteiger partial charge is 0.238 e. The second-order valence-electron chi connectivity index (χ2n) is 6.56. The molecule has 28 heavy (non-hydrogen) atoms. The molecule has 1 N–H and O–H groups in total. The van der Waals surface area contributed by atoms with Gasteiger partial charge in [0.15, 0.2) is 11.5 Å². The summed E-state index contributed by atoms with van der Waals surface area (Å²) in [7, 11) is 0. The number of fused-ring (bicyclic) bond motifs is 1. The monoisotopic (exact) mass is 391 g/mol. The normalized spacial score (nSPS) is 14.3. The van der Waals surface area contributed by atoms with Crippen LogP contribution in [0.4, 0.5) is 0 Å². The molecule has 3 aromatic rings. The number of thioether (sulfide) groups is 1. The zero-order chi connectivity index (χ0) is 19.3. The van der Waals surface area contributed by atoms with E-state index in [4.69, 9.17) is 9.47 Å². The van der Waals surface area contributed by atoms with E-state index in [1.807, 2.05) is 85.8 Å². The largest absolute Gasteiger partial charge is 0.454 e. The Morgan fingerprint density at radius 3 is 2.32 bits per heavy atom. The maximum atomic E-state index is 13.2. The zero-order valence-corrected chi connectivity index (χ0v) is 16.3. The summed E-state index contributed by atoms with van der Waals surface area (Å²) in [5, 5.41) is 2.82. The number of carbonyl (C=O) groups excluding carboxylic acids is 1. The predicted octanol–water partition coefficient (Wildman–Crippen LogP) is 5.13. The van der Waals surface area contributed by atoms with Crippen molar-refractivity contribution < 1.29 is 14.3 Å². The van der Waals surface area contributed by atoms with Crippen LogP contribution in [0.5, 0.6) is 11.5 Å². The van der Waals surface area contributed by atoms with E-state index < -0.39 is 0 Å². The number of carbonyl (C=O) groups is 1. The first-order valence-electron chi connectivity index (χ1n) is 9.17. The van der Waals surface area contributed by atoms with Crippen LogP contribution in [-0.4, -0.2) is 12.7 Å². The Morgan fingerprint density at radius 1 is 0.893 bits per heavy atom. The summed E-state index contributed by atoms with van der Waals surface area (Å²) in [6.45, 7) is 2.22. The molecule has 0 spiro atoms. The van der Waals surface area contributed by atoms with Gasteiger partial charge < -0.3 is 14.8 Å². The number of hydrogen-bond acceptors (Lipinski definition) is 4. The van der Waals surface area contributed by atoms with Gasteiger partial charge in [0, 0.05) is 4.90 Å². The molecule has 0 saturated heterocycles. The van der Waals surface area contributed by atoms with E-state index in [-0.39, 0.29) is 24.0 Å². The van der Waals surface area contributed by atoms with Crippen molar-refractivity contribution in [1.82, 2.24) is 5.32 Å². The maximum absolute atomic E-state index is 13.2. The molecule has 0 fully saturated rings. The molecule has 3 aromatic carbocycles. The summed E-state index contributed by atoms with van der Waals surface area (Å²) >= 11 is 1.55. The molecule has 1 amide bonds. The standard InChI is InChI=1S/C23H21NO3S/c1-16(18-12-13-20-21(14-18)27-15-26-20)24-23(25)22(17-8-4-2-5-9-17)28-19-10-6-3-7-11-19/h2-14,16,22H,15H2,1H3,(H,24,25). The Balaban J connectivity index is 1.53. The molecule has 0 saturated carbocycles. The van der Waals surface area contributed by atoms with E-state index in [9.17, 15) is 4.79 Å². The average Bonchev–Trinajstić information content (AvgIpc) is 3.21. The van der Waals surface area contributed by atoms with Gasteiger partial charge in [-0.1, -0.05) is 54.6 Å². The van der Waals surface area contributed by atoms with Crippen molar-refractivity contribution in [1.29, 1.82) is 0 Å². The van der Waals surface area contributed by atoms with Crippen molar-refractivity contribution in [2.75, 3.05) is 6.79 Å². The molecular weight excluding hydrogens is 370 g/mol. The topological polar surface area (TPSA) is 47.6 Å². The highest BCUT2D eigenvalue weighted by molar-refractivity contribution is 8.00. The molecule has 4 nitrogen and oxygen atoms in total. The van der Waals surface area contributed by atoms with Crippen LogP contribution in [0.25, 0.3) is 0 Å². The second-order valence-corrected chi connectivity index (χ2v) is 7.74. The van der Waals surface area contributed by atoms with Gasteiger partial charge in [0.1, 0.15) is 5.25 Å². The highest BCUT2D eigenvalue weighted by Crippen LogP contribution is 2.37. The van der Waals surface area contributed by atoms with Crippen LogP contribution in [0.15, 0.2) is 83.8 Å². The summed E-state index contributed by atoms with van der Waals surface area (Å²) in [6.07, 6.45) is 0. The van der Waals surface area contributed by atoms with Crippen molar-refractivity contribution in [3.05, 3.63) is 90.0 Å². The molecular formula is C23H21NO3S. The van der Waals surface area contributed by atoms with Crippen molar-refractivity contribution in [2.24, 2.45) is 0 Å². The Morgan fingerprint density at radius 2 is 1.57 bits per heavy atom. The fourth-order valence-corrected chi connectivity index (χ4v) is 4.15. The molecule has 1 aliphatic heterocycles. The lowest BCUT2D eigenvalue weighted by Gasteiger charge is -2.21. The van der Waals surface area contributed by atoms with Crippen LogP contribution in [0, 0.1) is 0 Å². The minimum Gasteiger partial charge on any atom is -0.454 e. The molecule has 0 bridgehead atoms. The van der Waals surface area contributed by atoms with Crippen molar-refractivity contribution in [3.63, 3.8) is 0 Å². The number of hydrogen-bond donors (Lipinski definition) is 1. The van der Waals surface area contributed by atoms with Gasteiger partial charge in [-0.05, 0) is 42.3 Å². The molecule has 0 radical (unpaired) electrons. The molecule has 1 aliphatic rings. The van der Waals surface area contributed by atoms with E-state index in [0.29, 0.717) is 0 Å². The highest BCUT2D eigenvalue weighted by Gasteiger charge is 2.24. The molecule has 0 aromatic heterocycles. The van der Waals surface area contributed by atoms with E-state index in [0.717, 1.165) is 27.5 Å². The van der Waals surface area contributed by atoms with Gasteiger partial charge in [-0.2, -0.15) is 0 Å². The molecule has 2 atom stereocenters. The summed E-state index contributed by atoms with van der Waals surface area (Å²) in [4.78, 5) is 14.2. The SMILES string of the molecule is CC(NC(=O)C(Sc1ccccc1)c1ccccc1)c1ccc2c(c1)OCO2. The number of ether oxygens (including phenoxy) is 2. The van der Waals surface area contributed by atoms with Gasteiger partial charge >= 0.3 is 0 Å². The third-order valence-electron chi connectivity index (χ3n) is 4.59. The molecule has 1 heterocycles. The van der Waals surface area contributed by atoms with Crippen LogP contribution in [0.2, 0.25) is 0 Å². The number of benzene rings is 3. The van der Waals surface area contributed by atoms with Gasteiger partial charge in [0.2, 0.25) is 12.7 Å². The molecule has 2 unspecified atom stereocenters.